The first-order chi connectivity index (χ1) is 8.22. The summed E-state index contributed by atoms with van der Waals surface area (Å²) in [7, 11) is 0. The lowest BCUT2D eigenvalue weighted by atomic mass is 10.1. The Morgan fingerprint density at radius 2 is 2.29 bits per heavy atom. The molecule has 2 rings (SSSR count). The van der Waals surface area contributed by atoms with E-state index in [1.54, 1.807) is 11.3 Å². The largest absolute Gasteiger partial charge is 0.306 e. The van der Waals surface area contributed by atoms with Crippen LogP contribution >= 0.6 is 22.9 Å². The monoisotopic (exact) mass is 266 g/mol. The van der Waals surface area contributed by atoms with Gasteiger partial charge in [0.15, 0.2) is 0 Å². The summed E-state index contributed by atoms with van der Waals surface area (Å²) in [5.74, 6) is 0. The zero-order valence-electron chi connectivity index (χ0n) is 9.90. The molecular formula is C13H15ClN2S. The van der Waals surface area contributed by atoms with Gasteiger partial charge in [-0.05, 0) is 36.0 Å². The first-order valence-electron chi connectivity index (χ1n) is 5.60. The molecule has 17 heavy (non-hydrogen) atoms. The van der Waals surface area contributed by atoms with Crippen LogP contribution in [0.2, 0.25) is 5.02 Å². The molecule has 0 amide bonds. The van der Waals surface area contributed by atoms with Crippen molar-refractivity contribution in [2.45, 2.75) is 19.9 Å². The third kappa shape index (κ3) is 2.86. The van der Waals surface area contributed by atoms with Crippen molar-refractivity contribution in [3.63, 3.8) is 0 Å². The van der Waals surface area contributed by atoms with E-state index in [4.69, 9.17) is 11.6 Å². The highest BCUT2D eigenvalue weighted by atomic mass is 35.5. The van der Waals surface area contributed by atoms with Crippen LogP contribution in [0.15, 0.2) is 29.9 Å². The quantitative estimate of drug-likeness (QED) is 0.910. The van der Waals surface area contributed by atoms with Crippen LogP contribution < -0.4 is 5.32 Å². The van der Waals surface area contributed by atoms with Crippen molar-refractivity contribution in [2.75, 3.05) is 6.54 Å². The molecular weight excluding hydrogens is 252 g/mol. The van der Waals surface area contributed by atoms with E-state index in [1.807, 2.05) is 23.8 Å². The van der Waals surface area contributed by atoms with Crippen molar-refractivity contribution in [2.24, 2.45) is 0 Å². The molecule has 0 aliphatic carbocycles. The second kappa shape index (κ2) is 5.63. The van der Waals surface area contributed by atoms with Crippen LogP contribution in [0.1, 0.15) is 29.0 Å². The number of rotatable bonds is 4. The average Bonchev–Trinajstić information content (AvgIpc) is 2.72. The molecule has 1 unspecified atom stereocenters. The fourth-order valence-corrected chi connectivity index (χ4v) is 3.08. The molecule has 90 valence electrons. The Balaban J connectivity index is 2.39. The number of aryl methyl sites for hydroxylation is 1. The number of nitrogens with zero attached hydrogens (tertiary/aromatic N) is 1. The fraction of sp³-hybridized carbons (Fsp3) is 0.308. The summed E-state index contributed by atoms with van der Waals surface area (Å²) in [4.78, 5) is 5.40. The number of aromatic nitrogens is 1. The van der Waals surface area contributed by atoms with E-state index in [-0.39, 0.29) is 6.04 Å². The smallest absolute Gasteiger partial charge is 0.0701 e. The van der Waals surface area contributed by atoms with E-state index in [2.05, 4.69) is 30.2 Å². The number of hydrogen-bond acceptors (Lipinski definition) is 3. The van der Waals surface area contributed by atoms with Crippen molar-refractivity contribution in [1.82, 2.24) is 10.3 Å². The molecule has 1 N–H and O–H groups in total. The summed E-state index contributed by atoms with van der Waals surface area (Å²) >= 11 is 7.89. The van der Waals surface area contributed by atoms with Gasteiger partial charge in [-0.1, -0.05) is 24.6 Å². The lowest BCUT2D eigenvalue weighted by molar-refractivity contribution is 0.637. The molecule has 0 aliphatic heterocycles. The third-order valence-corrected chi connectivity index (χ3v) is 3.97. The van der Waals surface area contributed by atoms with E-state index in [0.29, 0.717) is 0 Å². The topological polar surface area (TPSA) is 24.9 Å². The highest BCUT2D eigenvalue weighted by molar-refractivity contribution is 7.10. The van der Waals surface area contributed by atoms with Gasteiger partial charge in [0.25, 0.3) is 0 Å². The van der Waals surface area contributed by atoms with E-state index >= 15 is 0 Å². The average molecular weight is 267 g/mol. The second-order valence-electron chi connectivity index (χ2n) is 3.92. The molecule has 0 aromatic carbocycles. The molecule has 2 nitrogen and oxygen atoms in total. The molecule has 0 radical (unpaired) electrons. The molecule has 2 heterocycles. The van der Waals surface area contributed by atoms with Crippen LogP contribution in [0.5, 0.6) is 0 Å². The summed E-state index contributed by atoms with van der Waals surface area (Å²) < 4.78 is 0. The minimum absolute atomic E-state index is 0.139. The zero-order chi connectivity index (χ0) is 12.3. The SMILES string of the molecule is CCNC(c1cncc(C)c1)c1sccc1Cl. The van der Waals surface area contributed by atoms with E-state index in [0.717, 1.165) is 27.6 Å². The summed E-state index contributed by atoms with van der Waals surface area (Å²) in [6, 6.07) is 4.23. The van der Waals surface area contributed by atoms with Gasteiger partial charge in [0.1, 0.15) is 0 Å². The number of hydrogen-bond donors (Lipinski definition) is 1. The van der Waals surface area contributed by atoms with E-state index < -0.39 is 0 Å². The normalized spacial score (nSPS) is 12.6. The standard InChI is InChI=1S/C13H15ClN2S/c1-3-16-12(13-11(14)4-5-17-13)10-6-9(2)7-15-8-10/h4-8,12,16H,3H2,1-2H3. The number of halogens is 1. The summed E-state index contributed by atoms with van der Waals surface area (Å²) in [6.07, 6.45) is 3.76. The van der Waals surface area contributed by atoms with Crippen molar-refractivity contribution in [1.29, 1.82) is 0 Å². The molecule has 1 atom stereocenters. The molecule has 0 aliphatic rings. The van der Waals surface area contributed by atoms with Gasteiger partial charge in [-0.15, -0.1) is 11.3 Å². The number of thiophene rings is 1. The van der Waals surface area contributed by atoms with Crippen LogP contribution in [-0.4, -0.2) is 11.5 Å². The Kier molecular flexibility index (Phi) is 4.15. The Morgan fingerprint density at radius 1 is 1.47 bits per heavy atom. The van der Waals surface area contributed by atoms with Crippen molar-refractivity contribution in [3.8, 4) is 0 Å². The highest BCUT2D eigenvalue weighted by Crippen LogP contribution is 2.32. The van der Waals surface area contributed by atoms with Crippen LogP contribution in [0, 0.1) is 6.92 Å². The predicted octanol–water partition coefficient (Wildman–Crippen LogP) is 3.80. The lowest BCUT2D eigenvalue weighted by Crippen LogP contribution is -2.21. The molecule has 0 bridgehead atoms. The van der Waals surface area contributed by atoms with Crippen LogP contribution in [-0.2, 0) is 0 Å². The van der Waals surface area contributed by atoms with Gasteiger partial charge in [0.05, 0.1) is 11.1 Å². The third-order valence-electron chi connectivity index (χ3n) is 2.54. The Hall–Kier alpha value is -0.900. The maximum Gasteiger partial charge on any atom is 0.0701 e. The van der Waals surface area contributed by atoms with Crippen LogP contribution in [0.25, 0.3) is 0 Å². The first kappa shape index (κ1) is 12.6. The lowest BCUT2D eigenvalue weighted by Gasteiger charge is -2.17. The maximum absolute atomic E-state index is 6.21. The van der Waals surface area contributed by atoms with Gasteiger partial charge in [-0.25, -0.2) is 0 Å². The van der Waals surface area contributed by atoms with Gasteiger partial charge in [-0.2, -0.15) is 0 Å². The molecule has 0 saturated heterocycles. The van der Waals surface area contributed by atoms with Crippen LogP contribution in [0.4, 0.5) is 0 Å². The molecule has 4 heteroatoms. The van der Waals surface area contributed by atoms with Crippen molar-refractivity contribution < 1.29 is 0 Å². The zero-order valence-corrected chi connectivity index (χ0v) is 11.5. The summed E-state index contributed by atoms with van der Waals surface area (Å²) in [5, 5.41) is 6.30. The van der Waals surface area contributed by atoms with Gasteiger partial charge in [-0.3, -0.25) is 4.98 Å². The molecule has 0 fully saturated rings. The number of pyridine rings is 1. The second-order valence-corrected chi connectivity index (χ2v) is 5.27. The van der Waals surface area contributed by atoms with Gasteiger partial charge in [0.2, 0.25) is 0 Å². The minimum Gasteiger partial charge on any atom is -0.306 e. The summed E-state index contributed by atoms with van der Waals surface area (Å²) in [6.45, 7) is 5.04. The van der Waals surface area contributed by atoms with E-state index in [1.165, 1.54) is 0 Å². The van der Waals surface area contributed by atoms with Gasteiger partial charge in [0, 0.05) is 17.3 Å². The predicted molar refractivity (Wildman–Crippen MR) is 73.8 cm³/mol. The summed E-state index contributed by atoms with van der Waals surface area (Å²) in [5.41, 5.74) is 2.33. The van der Waals surface area contributed by atoms with Crippen molar-refractivity contribution in [3.05, 3.63) is 50.9 Å². The Labute approximate surface area is 111 Å². The van der Waals surface area contributed by atoms with E-state index in [9.17, 15) is 0 Å². The highest BCUT2D eigenvalue weighted by Gasteiger charge is 2.17. The molecule has 2 aromatic rings. The number of nitrogens with one attached hydrogen (secondary N) is 1. The maximum atomic E-state index is 6.21. The Bertz CT molecular complexity index is 496. The Morgan fingerprint density at radius 3 is 2.88 bits per heavy atom. The minimum atomic E-state index is 0.139. The van der Waals surface area contributed by atoms with Crippen LogP contribution in [0.3, 0.4) is 0 Å². The fourth-order valence-electron chi connectivity index (χ4n) is 1.81. The first-order valence-corrected chi connectivity index (χ1v) is 6.86. The van der Waals surface area contributed by atoms with Gasteiger partial charge < -0.3 is 5.32 Å². The van der Waals surface area contributed by atoms with Gasteiger partial charge >= 0.3 is 0 Å². The molecule has 0 spiro atoms. The van der Waals surface area contributed by atoms with Crippen molar-refractivity contribution >= 4 is 22.9 Å². The molecule has 2 aromatic heterocycles. The molecule has 0 saturated carbocycles.